The molecule has 1 fully saturated rings. The highest BCUT2D eigenvalue weighted by molar-refractivity contribution is 8.93. The van der Waals surface area contributed by atoms with E-state index in [0.717, 1.165) is 64.7 Å². The van der Waals surface area contributed by atoms with Crippen LogP contribution >= 0.6 is 40.3 Å². The molecular formula is C35H37BrClNO3S. The maximum Gasteiger partial charge on any atom is 0.303 e. The van der Waals surface area contributed by atoms with Crippen LogP contribution in [0.5, 0.6) is 0 Å². The fourth-order valence-electron chi connectivity index (χ4n) is 5.36. The lowest BCUT2D eigenvalue weighted by Crippen LogP contribution is -2.18. The van der Waals surface area contributed by atoms with Gasteiger partial charge in [0.15, 0.2) is 0 Å². The number of hydrogen-bond donors (Lipinski definition) is 2. The van der Waals surface area contributed by atoms with Gasteiger partial charge >= 0.3 is 5.97 Å². The van der Waals surface area contributed by atoms with E-state index in [1.807, 2.05) is 74.1 Å². The van der Waals surface area contributed by atoms with Crippen molar-refractivity contribution in [3.63, 3.8) is 0 Å². The molecule has 1 saturated carbocycles. The van der Waals surface area contributed by atoms with Crippen molar-refractivity contribution in [1.29, 1.82) is 0 Å². The molecule has 5 rings (SSSR count). The smallest absolute Gasteiger partial charge is 0.303 e. The summed E-state index contributed by atoms with van der Waals surface area (Å²) < 4.78 is 0. The Morgan fingerprint density at radius 2 is 1.81 bits per heavy atom. The van der Waals surface area contributed by atoms with Crippen LogP contribution in [0.2, 0.25) is 5.02 Å². The molecule has 1 atom stereocenters. The summed E-state index contributed by atoms with van der Waals surface area (Å²) in [5.74, 6) is 0.122. The van der Waals surface area contributed by atoms with Gasteiger partial charge in [-0.3, -0.25) is 4.79 Å². The number of aromatic nitrogens is 1. The first-order valence-corrected chi connectivity index (χ1v) is 15.5. The van der Waals surface area contributed by atoms with Gasteiger partial charge in [0.1, 0.15) is 0 Å². The summed E-state index contributed by atoms with van der Waals surface area (Å²) in [6.45, 7) is 3.66. The maximum absolute atomic E-state index is 11.5. The number of aliphatic carboxylic acids is 1. The minimum absolute atomic E-state index is 0. The van der Waals surface area contributed by atoms with E-state index in [2.05, 4.69) is 42.5 Å². The fraction of sp³-hybridized carbons (Fsp3) is 0.314. The Hall–Kier alpha value is -2.64. The standard InChI is InChI=1S/C35H36ClNO3S.BrH/c1-34(2,40)30-9-4-3-7-25(30)13-17-32(41-23-35(18-19-35)22-33(38)39)27-8-5-6-24(20-27)10-15-29-16-12-26-11-14-28(36)21-31(26)37-29;/h3-12,14-16,20-21,32,40H,13,17-19,22-23H2,1-2H3,(H,38,39);1H/b15-10+;/t32-;/m1./s1. The first-order valence-electron chi connectivity index (χ1n) is 14.1. The zero-order valence-corrected chi connectivity index (χ0v) is 27.2. The number of benzene rings is 3. The lowest BCUT2D eigenvalue weighted by molar-refractivity contribution is -0.138. The molecule has 1 aliphatic rings. The predicted octanol–water partition coefficient (Wildman–Crippen LogP) is 9.53. The van der Waals surface area contributed by atoms with Crippen LogP contribution in [0.15, 0.2) is 78.9 Å². The average Bonchev–Trinajstić information content (AvgIpc) is 3.70. The van der Waals surface area contributed by atoms with Gasteiger partial charge in [-0.15, -0.1) is 17.0 Å². The van der Waals surface area contributed by atoms with Crippen molar-refractivity contribution < 1.29 is 15.0 Å². The molecule has 0 bridgehead atoms. The first kappa shape index (κ1) is 32.3. The Labute approximate surface area is 268 Å². The van der Waals surface area contributed by atoms with Gasteiger partial charge in [-0.1, -0.05) is 78.3 Å². The lowest BCUT2D eigenvalue weighted by Gasteiger charge is -2.24. The predicted molar refractivity (Wildman–Crippen MR) is 182 cm³/mol. The van der Waals surface area contributed by atoms with Crippen LogP contribution in [-0.2, 0) is 16.8 Å². The number of nitrogens with zero attached hydrogens (tertiary/aromatic N) is 1. The second-order valence-corrected chi connectivity index (χ2v) is 13.3. The normalized spacial score (nSPS) is 15.0. The van der Waals surface area contributed by atoms with Gasteiger partial charge in [0.05, 0.1) is 23.2 Å². The summed E-state index contributed by atoms with van der Waals surface area (Å²) >= 11 is 8.04. The highest BCUT2D eigenvalue weighted by Gasteiger charge is 2.44. The van der Waals surface area contributed by atoms with Gasteiger partial charge in [-0.05, 0) is 91.5 Å². The number of halogens is 2. The minimum atomic E-state index is -0.911. The van der Waals surface area contributed by atoms with Gasteiger partial charge in [-0.25, -0.2) is 4.98 Å². The molecule has 0 amide bonds. The number of carboxylic acid groups (broad SMARTS) is 1. The highest BCUT2D eigenvalue weighted by atomic mass is 79.9. The summed E-state index contributed by atoms with van der Waals surface area (Å²) in [4.78, 5) is 16.2. The van der Waals surface area contributed by atoms with Crippen molar-refractivity contribution in [3.05, 3.63) is 112 Å². The Balaban J connectivity index is 0.00000405. The van der Waals surface area contributed by atoms with Crippen LogP contribution in [-0.4, -0.2) is 26.9 Å². The van der Waals surface area contributed by atoms with Crippen molar-refractivity contribution >= 4 is 69.4 Å². The van der Waals surface area contributed by atoms with Gasteiger partial charge in [0.2, 0.25) is 0 Å². The van der Waals surface area contributed by atoms with Gasteiger partial charge in [0, 0.05) is 21.4 Å². The molecule has 0 aliphatic heterocycles. The Kier molecular flexibility index (Phi) is 10.6. The third kappa shape index (κ3) is 8.47. The van der Waals surface area contributed by atoms with Crippen molar-refractivity contribution in [3.8, 4) is 0 Å². The molecule has 2 N–H and O–H groups in total. The molecule has 0 unspecified atom stereocenters. The summed E-state index contributed by atoms with van der Waals surface area (Å²) in [6, 6.07) is 26.5. The van der Waals surface area contributed by atoms with Crippen LogP contribution in [0.4, 0.5) is 0 Å². The quantitative estimate of drug-likeness (QED) is 0.158. The number of carbonyl (C=O) groups is 1. The largest absolute Gasteiger partial charge is 0.481 e. The third-order valence-corrected chi connectivity index (χ3v) is 9.76. The van der Waals surface area contributed by atoms with E-state index >= 15 is 0 Å². The van der Waals surface area contributed by atoms with E-state index in [4.69, 9.17) is 16.6 Å². The van der Waals surface area contributed by atoms with Gasteiger partial charge in [0.25, 0.3) is 0 Å². The highest BCUT2D eigenvalue weighted by Crippen LogP contribution is 2.53. The van der Waals surface area contributed by atoms with Gasteiger partial charge < -0.3 is 10.2 Å². The Bertz CT molecular complexity index is 1580. The molecule has 220 valence electrons. The summed E-state index contributed by atoms with van der Waals surface area (Å²) in [7, 11) is 0. The van der Waals surface area contributed by atoms with Crippen molar-refractivity contribution in [2.24, 2.45) is 5.41 Å². The molecule has 0 spiro atoms. The van der Waals surface area contributed by atoms with Crippen LogP contribution in [0.3, 0.4) is 0 Å². The van der Waals surface area contributed by atoms with E-state index < -0.39 is 11.6 Å². The van der Waals surface area contributed by atoms with Crippen LogP contribution in [0.1, 0.15) is 72.7 Å². The lowest BCUT2D eigenvalue weighted by atomic mass is 9.90. The molecule has 42 heavy (non-hydrogen) atoms. The van der Waals surface area contributed by atoms with E-state index in [0.29, 0.717) is 5.02 Å². The molecule has 1 aromatic heterocycles. The van der Waals surface area contributed by atoms with Crippen molar-refractivity contribution in [2.45, 2.75) is 56.8 Å². The molecule has 1 aliphatic carbocycles. The number of hydrogen-bond acceptors (Lipinski definition) is 4. The summed E-state index contributed by atoms with van der Waals surface area (Å²) in [5, 5.41) is 22.1. The zero-order valence-electron chi connectivity index (χ0n) is 23.9. The molecule has 1 heterocycles. The fourth-order valence-corrected chi connectivity index (χ4v) is 7.09. The summed E-state index contributed by atoms with van der Waals surface area (Å²) in [6.07, 6.45) is 8.02. The summed E-state index contributed by atoms with van der Waals surface area (Å²) in [5.41, 5.74) is 5.15. The Morgan fingerprint density at radius 1 is 1.05 bits per heavy atom. The van der Waals surface area contributed by atoms with E-state index in [-0.39, 0.29) is 34.1 Å². The van der Waals surface area contributed by atoms with Crippen LogP contribution in [0.25, 0.3) is 23.1 Å². The Morgan fingerprint density at radius 3 is 2.55 bits per heavy atom. The molecule has 3 aromatic carbocycles. The molecule has 4 nitrogen and oxygen atoms in total. The molecular weight excluding hydrogens is 630 g/mol. The zero-order chi connectivity index (χ0) is 29.0. The van der Waals surface area contributed by atoms with E-state index in [1.165, 1.54) is 5.56 Å². The van der Waals surface area contributed by atoms with Crippen LogP contribution < -0.4 is 0 Å². The van der Waals surface area contributed by atoms with E-state index in [1.54, 1.807) is 0 Å². The monoisotopic (exact) mass is 665 g/mol. The van der Waals surface area contributed by atoms with Gasteiger partial charge in [-0.2, -0.15) is 11.8 Å². The van der Waals surface area contributed by atoms with E-state index in [9.17, 15) is 15.0 Å². The number of rotatable bonds is 12. The molecule has 7 heteroatoms. The first-order chi connectivity index (χ1) is 19.6. The molecule has 4 aromatic rings. The SMILES string of the molecule is Br.CC(C)(O)c1ccccc1CC[C@@H](SCC1(CC(=O)O)CC1)c1cccc(/C=C/c2ccc3ccc(Cl)cc3n2)c1. The van der Waals surface area contributed by atoms with Crippen molar-refractivity contribution in [1.82, 2.24) is 4.98 Å². The topological polar surface area (TPSA) is 70.4 Å². The average molecular weight is 667 g/mol. The van der Waals surface area contributed by atoms with Crippen LogP contribution in [0, 0.1) is 5.41 Å². The maximum atomic E-state index is 11.5. The number of aryl methyl sites for hydroxylation is 1. The molecule has 0 saturated heterocycles. The number of pyridine rings is 1. The second-order valence-electron chi connectivity index (χ2n) is 11.7. The molecule has 0 radical (unpaired) electrons. The minimum Gasteiger partial charge on any atom is -0.481 e. The second kappa shape index (κ2) is 13.8. The number of thioether (sulfide) groups is 1. The van der Waals surface area contributed by atoms with Crippen molar-refractivity contribution in [2.75, 3.05) is 5.75 Å². The number of aliphatic hydroxyl groups is 1. The number of carboxylic acids is 1. The third-order valence-electron chi connectivity index (χ3n) is 7.83. The number of fused-ring (bicyclic) bond motifs is 1.